The number of nitrogens with one attached hydrogen (secondary N) is 1. The summed E-state index contributed by atoms with van der Waals surface area (Å²) in [7, 11) is 1.28. The summed E-state index contributed by atoms with van der Waals surface area (Å²) in [6.45, 7) is 0.920. The van der Waals surface area contributed by atoms with Crippen molar-refractivity contribution in [3.05, 3.63) is 30.4 Å². The summed E-state index contributed by atoms with van der Waals surface area (Å²) in [5, 5.41) is 6.64. The normalized spacial score (nSPS) is 14.8. The maximum atomic E-state index is 12.5. The van der Waals surface area contributed by atoms with Gasteiger partial charge in [0.15, 0.2) is 0 Å². The van der Waals surface area contributed by atoms with Crippen molar-refractivity contribution in [2.24, 2.45) is 0 Å². The first-order valence-electron chi connectivity index (χ1n) is 7.44. The molecule has 1 aliphatic rings. The van der Waals surface area contributed by atoms with Crippen LogP contribution in [0.15, 0.2) is 18.9 Å². The SMILES string of the molecule is COC(=O)C(Cn1cncn1)NC(=O)c1cnc2n1CCCC2. The molecule has 1 unspecified atom stereocenters. The minimum absolute atomic E-state index is 0.152. The zero-order valence-electron chi connectivity index (χ0n) is 12.8. The highest BCUT2D eigenvalue weighted by Crippen LogP contribution is 2.16. The van der Waals surface area contributed by atoms with Crippen molar-refractivity contribution in [1.29, 1.82) is 0 Å². The molecule has 0 bridgehead atoms. The van der Waals surface area contributed by atoms with Gasteiger partial charge in [-0.2, -0.15) is 5.10 Å². The molecule has 3 heterocycles. The van der Waals surface area contributed by atoms with Crippen LogP contribution in [0.5, 0.6) is 0 Å². The van der Waals surface area contributed by atoms with Gasteiger partial charge >= 0.3 is 5.97 Å². The lowest BCUT2D eigenvalue weighted by Crippen LogP contribution is -2.45. The largest absolute Gasteiger partial charge is 0.467 e. The summed E-state index contributed by atoms with van der Waals surface area (Å²) in [4.78, 5) is 32.5. The number of aromatic nitrogens is 5. The second-order valence-electron chi connectivity index (χ2n) is 5.34. The quantitative estimate of drug-likeness (QED) is 0.765. The van der Waals surface area contributed by atoms with Crippen LogP contribution in [0.4, 0.5) is 0 Å². The molecule has 1 atom stereocenters. The van der Waals surface area contributed by atoms with Gasteiger partial charge in [0.05, 0.1) is 19.9 Å². The Hall–Kier alpha value is -2.71. The number of hydrogen-bond donors (Lipinski definition) is 1. The number of ether oxygens (including phenoxy) is 1. The lowest BCUT2D eigenvalue weighted by atomic mass is 10.1. The van der Waals surface area contributed by atoms with Gasteiger partial charge in [0.1, 0.15) is 30.2 Å². The van der Waals surface area contributed by atoms with Crippen molar-refractivity contribution in [1.82, 2.24) is 29.6 Å². The first-order chi connectivity index (χ1) is 11.2. The molecule has 0 aromatic carbocycles. The van der Waals surface area contributed by atoms with Gasteiger partial charge in [-0.3, -0.25) is 9.48 Å². The number of hydrogen-bond acceptors (Lipinski definition) is 6. The smallest absolute Gasteiger partial charge is 0.330 e. The molecular formula is C14H18N6O3. The summed E-state index contributed by atoms with van der Waals surface area (Å²) in [5.74, 6) is 0.0284. The van der Waals surface area contributed by atoms with Crippen LogP contribution in [-0.4, -0.2) is 49.3 Å². The van der Waals surface area contributed by atoms with Crippen LogP contribution < -0.4 is 5.32 Å². The van der Waals surface area contributed by atoms with E-state index < -0.39 is 12.0 Å². The zero-order chi connectivity index (χ0) is 16.2. The molecule has 0 spiro atoms. The van der Waals surface area contributed by atoms with Crippen molar-refractivity contribution >= 4 is 11.9 Å². The Morgan fingerprint density at radius 2 is 2.30 bits per heavy atom. The molecule has 9 heteroatoms. The fraction of sp³-hybridized carbons (Fsp3) is 0.500. The average Bonchev–Trinajstić information content (AvgIpc) is 3.22. The third-order valence-corrected chi connectivity index (χ3v) is 3.83. The molecule has 2 aromatic heterocycles. The summed E-state index contributed by atoms with van der Waals surface area (Å²) >= 11 is 0. The van der Waals surface area contributed by atoms with Gasteiger partial charge in [0.2, 0.25) is 0 Å². The highest BCUT2D eigenvalue weighted by molar-refractivity contribution is 5.95. The predicted octanol–water partition coefficient (Wildman–Crippen LogP) is -0.217. The van der Waals surface area contributed by atoms with Gasteiger partial charge < -0.3 is 14.6 Å². The molecule has 0 radical (unpaired) electrons. The Kier molecular flexibility index (Phi) is 4.35. The third-order valence-electron chi connectivity index (χ3n) is 3.83. The summed E-state index contributed by atoms with van der Waals surface area (Å²) in [5.41, 5.74) is 0.465. The van der Waals surface area contributed by atoms with E-state index in [2.05, 4.69) is 20.4 Å². The van der Waals surface area contributed by atoms with Crippen molar-refractivity contribution in [2.45, 2.75) is 38.4 Å². The Morgan fingerprint density at radius 1 is 1.43 bits per heavy atom. The molecule has 0 saturated carbocycles. The van der Waals surface area contributed by atoms with E-state index in [9.17, 15) is 9.59 Å². The molecule has 122 valence electrons. The number of carbonyl (C=O) groups excluding carboxylic acids is 2. The van der Waals surface area contributed by atoms with E-state index in [1.54, 1.807) is 6.20 Å². The average molecular weight is 318 g/mol. The Balaban J connectivity index is 1.75. The van der Waals surface area contributed by atoms with Crippen LogP contribution in [0.25, 0.3) is 0 Å². The fourth-order valence-electron chi connectivity index (χ4n) is 2.66. The maximum Gasteiger partial charge on any atom is 0.330 e. The van der Waals surface area contributed by atoms with Crippen LogP contribution in [0.2, 0.25) is 0 Å². The van der Waals surface area contributed by atoms with Gasteiger partial charge in [0, 0.05) is 13.0 Å². The van der Waals surface area contributed by atoms with E-state index in [0.29, 0.717) is 5.69 Å². The van der Waals surface area contributed by atoms with E-state index in [-0.39, 0.29) is 12.5 Å². The Morgan fingerprint density at radius 3 is 3.04 bits per heavy atom. The molecule has 9 nitrogen and oxygen atoms in total. The van der Waals surface area contributed by atoms with Crippen LogP contribution in [0, 0.1) is 0 Å². The van der Waals surface area contributed by atoms with Gasteiger partial charge in [-0.15, -0.1) is 0 Å². The number of methoxy groups -OCH3 is 1. The molecule has 3 rings (SSSR count). The number of fused-ring (bicyclic) bond motifs is 1. The highest BCUT2D eigenvalue weighted by atomic mass is 16.5. The van der Waals surface area contributed by atoms with Crippen LogP contribution >= 0.6 is 0 Å². The number of imidazole rings is 1. The van der Waals surface area contributed by atoms with Gasteiger partial charge in [0.25, 0.3) is 5.91 Å². The minimum Gasteiger partial charge on any atom is -0.467 e. The van der Waals surface area contributed by atoms with Crippen molar-refractivity contribution < 1.29 is 14.3 Å². The van der Waals surface area contributed by atoms with E-state index in [1.807, 2.05) is 4.57 Å². The lowest BCUT2D eigenvalue weighted by molar-refractivity contribution is -0.143. The zero-order valence-corrected chi connectivity index (χ0v) is 12.8. The molecule has 0 fully saturated rings. The summed E-state index contributed by atoms with van der Waals surface area (Å²) < 4.78 is 8.13. The van der Waals surface area contributed by atoms with Crippen LogP contribution in [-0.2, 0) is 29.0 Å². The van der Waals surface area contributed by atoms with Crippen LogP contribution in [0.3, 0.4) is 0 Å². The van der Waals surface area contributed by atoms with Crippen molar-refractivity contribution in [2.75, 3.05) is 7.11 Å². The molecule has 1 amide bonds. The second kappa shape index (κ2) is 6.59. The van der Waals surface area contributed by atoms with Gasteiger partial charge in [-0.1, -0.05) is 0 Å². The van der Waals surface area contributed by atoms with Gasteiger partial charge in [-0.05, 0) is 12.8 Å². The number of rotatable bonds is 5. The first kappa shape index (κ1) is 15.2. The number of aryl methyl sites for hydroxylation is 1. The minimum atomic E-state index is -0.844. The van der Waals surface area contributed by atoms with Crippen LogP contribution in [0.1, 0.15) is 29.2 Å². The Labute approximate surface area is 132 Å². The second-order valence-corrected chi connectivity index (χ2v) is 5.34. The molecular weight excluding hydrogens is 300 g/mol. The Bertz CT molecular complexity index is 693. The molecule has 1 aliphatic heterocycles. The topological polar surface area (TPSA) is 104 Å². The number of amides is 1. The summed E-state index contributed by atoms with van der Waals surface area (Å²) in [6, 6.07) is -0.844. The van der Waals surface area contributed by atoms with Gasteiger partial charge in [-0.25, -0.2) is 14.8 Å². The maximum absolute atomic E-state index is 12.5. The molecule has 2 aromatic rings. The third kappa shape index (κ3) is 3.22. The van der Waals surface area contributed by atoms with E-state index in [4.69, 9.17) is 4.74 Å². The van der Waals surface area contributed by atoms with Crippen molar-refractivity contribution in [3.8, 4) is 0 Å². The van der Waals surface area contributed by atoms with Crippen molar-refractivity contribution in [3.63, 3.8) is 0 Å². The number of esters is 1. The molecule has 1 N–H and O–H groups in total. The lowest BCUT2D eigenvalue weighted by Gasteiger charge is -2.19. The first-order valence-corrected chi connectivity index (χ1v) is 7.44. The summed E-state index contributed by atoms with van der Waals surface area (Å²) in [6.07, 6.45) is 7.36. The molecule has 0 saturated heterocycles. The van der Waals surface area contributed by atoms with E-state index in [0.717, 1.165) is 31.6 Å². The highest BCUT2D eigenvalue weighted by Gasteiger charge is 2.26. The monoisotopic (exact) mass is 318 g/mol. The van der Waals surface area contributed by atoms with E-state index >= 15 is 0 Å². The molecule has 0 aliphatic carbocycles. The predicted molar refractivity (Wildman–Crippen MR) is 78.5 cm³/mol. The number of nitrogens with zero attached hydrogens (tertiary/aromatic N) is 5. The fourth-order valence-corrected chi connectivity index (χ4v) is 2.66. The number of carbonyl (C=O) groups is 2. The standard InChI is InChI=1S/C14H18N6O3/c1-23-14(22)10(7-19-9-15-8-17-19)18-13(21)11-6-16-12-4-2-3-5-20(11)12/h6,8-10H,2-5,7H2,1H3,(H,18,21). The van der Waals surface area contributed by atoms with E-state index in [1.165, 1.54) is 24.4 Å². The molecule has 23 heavy (non-hydrogen) atoms.